The van der Waals surface area contributed by atoms with E-state index in [0.717, 1.165) is 0 Å². The normalized spacial score (nSPS) is 25.9. The lowest BCUT2D eigenvalue weighted by Gasteiger charge is -2.32. The van der Waals surface area contributed by atoms with Crippen molar-refractivity contribution >= 4 is 17.8 Å². The molecule has 2 unspecified atom stereocenters. The first-order valence-corrected chi connectivity index (χ1v) is 8.28. The molecule has 1 heterocycles. The summed E-state index contributed by atoms with van der Waals surface area (Å²) < 4.78 is 13.4. The molecule has 1 saturated carbocycles. The van der Waals surface area contributed by atoms with Crippen LogP contribution in [0.1, 0.15) is 38.5 Å². The van der Waals surface area contributed by atoms with E-state index in [-0.39, 0.29) is 36.6 Å². The molecule has 2 rings (SSSR count). The van der Waals surface area contributed by atoms with Crippen LogP contribution < -0.4 is 0 Å². The minimum absolute atomic E-state index is 0.0238. The number of alkyl halides is 1. The molecule has 1 N–H and O–H groups in total. The van der Waals surface area contributed by atoms with Gasteiger partial charge in [0.25, 0.3) is 0 Å². The minimum atomic E-state index is -0.920. The molecule has 0 spiro atoms. The van der Waals surface area contributed by atoms with Gasteiger partial charge >= 0.3 is 5.97 Å². The zero-order chi connectivity index (χ0) is 17.0. The molecule has 2 fully saturated rings. The van der Waals surface area contributed by atoms with Gasteiger partial charge in [-0.3, -0.25) is 14.4 Å². The number of hydrogen-bond donors (Lipinski definition) is 1. The Morgan fingerprint density at radius 3 is 2.35 bits per heavy atom. The number of likely N-dealkylation sites (tertiary alicyclic amines) is 1. The smallest absolute Gasteiger partial charge is 0.306 e. The van der Waals surface area contributed by atoms with Crippen molar-refractivity contribution in [2.24, 2.45) is 11.8 Å². The summed E-state index contributed by atoms with van der Waals surface area (Å²) in [6, 6.07) is 0. The summed E-state index contributed by atoms with van der Waals surface area (Å²) >= 11 is 0. The highest BCUT2D eigenvalue weighted by Crippen LogP contribution is 2.27. The Morgan fingerprint density at radius 2 is 1.78 bits per heavy atom. The van der Waals surface area contributed by atoms with Gasteiger partial charge < -0.3 is 14.9 Å². The standard InChI is InChI=1S/C16H25FN2O4/c1-18(15(21)12-3-2-4-13(17)9-12)10-14(20)19-7-5-11(6-8-19)16(22)23/h11-13H,2-10H2,1H3,(H,22,23). The fourth-order valence-corrected chi connectivity index (χ4v) is 3.42. The van der Waals surface area contributed by atoms with Crippen molar-refractivity contribution in [3.63, 3.8) is 0 Å². The second-order valence-corrected chi connectivity index (χ2v) is 6.65. The van der Waals surface area contributed by atoms with Crippen molar-refractivity contribution in [1.29, 1.82) is 0 Å². The van der Waals surface area contributed by atoms with Crippen molar-refractivity contribution in [3.8, 4) is 0 Å². The molecule has 2 aliphatic rings. The molecule has 6 nitrogen and oxygen atoms in total. The van der Waals surface area contributed by atoms with Crippen LogP contribution in [0, 0.1) is 11.8 Å². The number of halogens is 1. The first-order valence-electron chi connectivity index (χ1n) is 8.28. The maximum atomic E-state index is 13.4. The number of likely N-dealkylation sites (N-methyl/N-ethyl adjacent to an activating group) is 1. The average molecular weight is 328 g/mol. The fourth-order valence-electron chi connectivity index (χ4n) is 3.42. The molecule has 1 aliphatic heterocycles. The Balaban J connectivity index is 1.80. The Hall–Kier alpha value is -1.66. The van der Waals surface area contributed by atoms with Crippen molar-refractivity contribution in [2.75, 3.05) is 26.7 Å². The van der Waals surface area contributed by atoms with Gasteiger partial charge in [0.05, 0.1) is 12.5 Å². The Morgan fingerprint density at radius 1 is 1.13 bits per heavy atom. The van der Waals surface area contributed by atoms with Crippen LogP contribution >= 0.6 is 0 Å². The average Bonchev–Trinajstić information content (AvgIpc) is 2.54. The lowest BCUT2D eigenvalue weighted by Crippen LogP contribution is -2.46. The van der Waals surface area contributed by atoms with Gasteiger partial charge in [0.1, 0.15) is 6.17 Å². The Kier molecular flexibility index (Phi) is 5.96. The molecule has 1 saturated heterocycles. The quantitative estimate of drug-likeness (QED) is 0.844. The number of hydrogen-bond acceptors (Lipinski definition) is 3. The van der Waals surface area contributed by atoms with E-state index in [1.165, 1.54) is 4.90 Å². The van der Waals surface area contributed by atoms with Crippen molar-refractivity contribution < 1.29 is 23.9 Å². The predicted molar refractivity (Wildman–Crippen MR) is 81.4 cm³/mol. The van der Waals surface area contributed by atoms with E-state index in [4.69, 9.17) is 5.11 Å². The molecule has 7 heteroatoms. The summed E-state index contributed by atoms with van der Waals surface area (Å²) in [5.74, 6) is -1.86. The van der Waals surface area contributed by atoms with Crippen LogP contribution in [0.3, 0.4) is 0 Å². The summed E-state index contributed by atoms with van der Waals surface area (Å²) in [6.45, 7) is 0.797. The number of carboxylic acid groups (broad SMARTS) is 1. The largest absolute Gasteiger partial charge is 0.481 e. The van der Waals surface area contributed by atoms with Crippen molar-refractivity contribution in [1.82, 2.24) is 9.80 Å². The van der Waals surface area contributed by atoms with E-state index in [1.807, 2.05) is 0 Å². The monoisotopic (exact) mass is 328 g/mol. The lowest BCUT2D eigenvalue weighted by molar-refractivity contribution is -0.147. The minimum Gasteiger partial charge on any atom is -0.481 e. The molecule has 0 bridgehead atoms. The number of nitrogens with zero attached hydrogens (tertiary/aromatic N) is 2. The molecule has 1 aliphatic carbocycles. The van der Waals surface area contributed by atoms with Crippen molar-refractivity contribution in [2.45, 2.75) is 44.7 Å². The molecular formula is C16H25FN2O4. The second-order valence-electron chi connectivity index (χ2n) is 6.65. The maximum Gasteiger partial charge on any atom is 0.306 e. The van der Waals surface area contributed by atoms with E-state index >= 15 is 0 Å². The molecule has 0 radical (unpaired) electrons. The van der Waals surface area contributed by atoms with Crippen LogP contribution in [0.4, 0.5) is 4.39 Å². The second kappa shape index (κ2) is 7.75. The zero-order valence-electron chi connectivity index (χ0n) is 13.5. The first kappa shape index (κ1) is 17.7. The van der Waals surface area contributed by atoms with Gasteiger partial charge in [-0.15, -0.1) is 0 Å². The number of carbonyl (C=O) groups is 3. The van der Waals surface area contributed by atoms with Crippen LogP contribution in [0.25, 0.3) is 0 Å². The van der Waals surface area contributed by atoms with E-state index in [0.29, 0.717) is 45.2 Å². The number of rotatable bonds is 4. The third-order valence-corrected chi connectivity index (χ3v) is 4.91. The van der Waals surface area contributed by atoms with Gasteiger partial charge in [-0.1, -0.05) is 0 Å². The zero-order valence-corrected chi connectivity index (χ0v) is 13.5. The predicted octanol–water partition coefficient (Wildman–Crippen LogP) is 1.30. The molecule has 0 aromatic rings. The van der Waals surface area contributed by atoms with Gasteiger partial charge in [0.2, 0.25) is 11.8 Å². The van der Waals surface area contributed by atoms with Crippen LogP contribution in [-0.2, 0) is 14.4 Å². The number of aliphatic carboxylic acids is 1. The van der Waals surface area contributed by atoms with Crippen LogP contribution in [-0.4, -0.2) is 65.5 Å². The fraction of sp³-hybridized carbons (Fsp3) is 0.812. The van der Waals surface area contributed by atoms with E-state index in [1.54, 1.807) is 11.9 Å². The molecule has 130 valence electrons. The van der Waals surface area contributed by atoms with Crippen LogP contribution in [0.15, 0.2) is 0 Å². The molecular weight excluding hydrogens is 303 g/mol. The van der Waals surface area contributed by atoms with Gasteiger partial charge in [0, 0.05) is 26.1 Å². The summed E-state index contributed by atoms with van der Waals surface area (Å²) in [4.78, 5) is 38.5. The molecule has 23 heavy (non-hydrogen) atoms. The van der Waals surface area contributed by atoms with Gasteiger partial charge in [-0.05, 0) is 38.5 Å². The molecule has 2 atom stereocenters. The van der Waals surface area contributed by atoms with Crippen molar-refractivity contribution in [3.05, 3.63) is 0 Å². The number of piperidine rings is 1. The Labute approximate surface area is 135 Å². The highest BCUT2D eigenvalue weighted by atomic mass is 19.1. The van der Waals surface area contributed by atoms with E-state index in [2.05, 4.69) is 0 Å². The molecule has 0 aromatic carbocycles. The van der Waals surface area contributed by atoms with Gasteiger partial charge in [0.15, 0.2) is 0 Å². The van der Waals surface area contributed by atoms with Crippen LogP contribution in [0.5, 0.6) is 0 Å². The van der Waals surface area contributed by atoms with Crippen LogP contribution in [0.2, 0.25) is 0 Å². The summed E-state index contributed by atoms with van der Waals surface area (Å²) in [5, 5.41) is 8.96. The Bertz CT molecular complexity index is 463. The lowest BCUT2D eigenvalue weighted by atomic mass is 9.87. The topological polar surface area (TPSA) is 77.9 Å². The summed E-state index contributed by atoms with van der Waals surface area (Å²) in [6.07, 6.45) is 2.14. The van der Waals surface area contributed by atoms with E-state index in [9.17, 15) is 18.8 Å². The summed E-state index contributed by atoms with van der Waals surface area (Å²) in [7, 11) is 1.58. The SMILES string of the molecule is CN(CC(=O)N1CCC(C(=O)O)CC1)C(=O)C1CCCC(F)C1. The highest BCUT2D eigenvalue weighted by Gasteiger charge is 2.31. The third kappa shape index (κ3) is 4.65. The molecule has 0 aromatic heterocycles. The highest BCUT2D eigenvalue weighted by molar-refractivity contribution is 5.86. The van der Waals surface area contributed by atoms with Gasteiger partial charge in [-0.25, -0.2) is 4.39 Å². The maximum absolute atomic E-state index is 13.4. The number of carbonyl (C=O) groups excluding carboxylic acids is 2. The first-order chi connectivity index (χ1) is 10.9. The van der Waals surface area contributed by atoms with E-state index < -0.39 is 12.1 Å². The van der Waals surface area contributed by atoms with Gasteiger partial charge in [-0.2, -0.15) is 0 Å². The number of carboxylic acids is 1. The number of amides is 2. The third-order valence-electron chi connectivity index (χ3n) is 4.91. The molecule has 2 amide bonds. The summed E-state index contributed by atoms with van der Waals surface area (Å²) in [5.41, 5.74) is 0.